The number of halogens is 1. The number of H-pyrrole nitrogens is 1. The molecule has 0 bridgehead atoms. The molecular weight excluding hydrogens is 390 g/mol. The number of hydrogen-bond donors (Lipinski definition) is 1. The van der Waals surface area contributed by atoms with Gasteiger partial charge in [-0.25, -0.2) is 0 Å². The molecule has 1 aliphatic rings. The van der Waals surface area contributed by atoms with Gasteiger partial charge >= 0.3 is 0 Å². The number of fused-ring (bicyclic) bond motifs is 1. The van der Waals surface area contributed by atoms with Crippen molar-refractivity contribution in [3.8, 4) is 5.75 Å². The van der Waals surface area contributed by atoms with Crippen molar-refractivity contribution in [3.63, 3.8) is 0 Å². The molecule has 0 radical (unpaired) electrons. The zero-order valence-corrected chi connectivity index (χ0v) is 16.9. The Kier molecular flexibility index (Phi) is 5.45. The molecule has 1 N–H and O–H groups in total. The number of hydrogen-bond acceptors (Lipinski definition) is 3. The lowest BCUT2D eigenvalue weighted by Crippen LogP contribution is -2.51. The highest BCUT2D eigenvalue weighted by molar-refractivity contribution is 6.31. The van der Waals surface area contributed by atoms with Gasteiger partial charge in [-0.15, -0.1) is 0 Å². The van der Waals surface area contributed by atoms with Crippen molar-refractivity contribution >= 4 is 34.3 Å². The van der Waals surface area contributed by atoms with Crippen LogP contribution in [0, 0.1) is 0 Å². The Morgan fingerprint density at radius 3 is 2.55 bits per heavy atom. The van der Waals surface area contributed by atoms with E-state index in [1.807, 2.05) is 47.4 Å². The molecule has 0 spiro atoms. The summed E-state index contributed by atoms with van der Waals surface area (Å²) in [6.45, 7) is 2.08. The Morgan fingerprint density at radius 2 is 1.79 bits per heavy atom. The number of benzene rings is 2. The number of carbonyl (C=O) groups excluding carboxylic acids is 2. The summed E-state index contributed by atoms with van der Waals surface area (Å²) in [4.78, 5) is 32.2. The van der Waals surface area contributed by atoms with E-state index in [0.717, 1.165) is 22.2 Å². The van der Waals surface area contributed by atoms with E-state index in [1.54, 1.807) is 18.1 Å². The predicted octanol–water partition coefficient (Wildman–Crippen LogP) is 3.36. The number of piperazine rings is 1. The average Bonchev–Trinajstić information content (AvgIpc) is 3.16. The largest absolute Gasteiger partial charge is 0.497 e. The molecule has 0 saturated carbocycles. The minimum absolute atomic E-state index is 0.0581. The van der Waals surface area contributed by atoms with Gasteiger partial charge in [-0.1, -0.05) is 23.7 Å². The fourth-order valence-corrected chi connectivity index (χ4v) is 3.80. The van der Waals surface area contributed by atoms with Crippen LogP contribution in [-0.2, 0) is 11.2 Å². The first kappa shape index (κ1) is 19.3. The first-order chi connectivity index (χ1) is 14.0. The summed E-state index contributed by atoms with van der Waals surface area (Å²) in [5, 5.41) is 1.55. The Morgan fingerprint density at radius 1 is 1.03 bits per heavy atom. The second kappa shape index (κ2) is 8.17. The number of nitrogens with one attached hydrogen (secondary N) is 1. The Labute approximate surface area is 174 Å². The number of nitrogens with zero attached hydrogens (tertiary/aromatic N) is 2. The Hall–Kier alpha value is -2.99. The Bertz CT molecular complexity index is 1050. The molecule has 4 rings (SSSR count). The van der Waals surface area contributed by atoms with Gasteiger partial charge in [0.05, 0.1) is 13.5 Å². The molecule has 29 heavy (non-hydrogen) atoms. The molecule has 2 aromatic carbocycles. The monoisotopic (exact) mass is 411 g/mol. The number of carbonyl (C=O) groups is 2. The molecule has 1 aromatic heterocycles. The first-order valence-electron chi connectivity index (χ1n) is 9.52. The van der Waals surface area contributed by atoms with Gasteiger partial charge in [-0.2, -0.15) is 0 Å². The van der Waals surface area contributed by atoms with E-state index in [4.69, 9.17) is 16.3 Å². The third kappa shape index (κ3) is 4.22. The lowest BCUT2D eigenvalue weighted by atomic mass is 10.1. The molecule has 2 amide bonds. The van der Waals surface area contributed by atoms with Crippen molar-refractivity contribution in [2.75, 3.05) is 33.3 Å². The summed E-state index contributed by atoms with van der Waals surface area (Å²) in [5.74, 6) is 0.744. The lowest BCUT2D eigenvalue weighted by Gasteiger charge is -2.34. The van der Waals surface area contributed by atoms with Gasteiger partial charge < -0.3 is 19.5 Å². The summed E-state index contributed by atoms with van der Waals surface area (Å²) in [6.07, 6.45) is 0.327. The van der Waals surface area contributed by atoms with Gasteiger partial charge in [-0.3, -0.25) is 9.59 Å². The van der Waals surface area contributed by atoms with Crippen LogP contribution in [0.1, 0.15) is 16.1 Å². The van der Waals surface area contributed by atoms with Crippen LogP contribution < -0.4 is 4.74 Å². The van der Waals surface area contributed by atoms with Crippen LogP contribution in [0.5, 0.6) is 5.75 Å². The average molecular weight is 412 g/mol. The van der Waals surface area contributed by atoms with Gasteiger partial charge in [0.1, 0.15) is 11.4 Å². The van der Waals surface area contributed by atoms with Crippen molar-refractivity contribution in [1.82, 2.24) is 14.8 Å². The number of ether oxygens (including phenoxy) is 1. The van der Waals surface area contributed by atoms with E-state index in [0.29, 0.717) is 43.3 Å². The van der Waals surface area contributed by atoms with E-state index < -0.39 is 0 Å². The van der Waals surface area contributed by atoms with E-state index >= 15 is 0 Å². The molecule has 0 atom stereocenters. The van der Waals surface area contributed by atoms with Crippen LogP contribution in [0.3, 0.4) is 0 Å². The fraction of sp³-hybridized carbons (Fsp3) is 0.273. The molecule has 3 aromatic rings. The van der Waals surface area contributed by atoms with Crippen molar-refractivity contribution in [2.24, 2.45) is 0 Å². The summed E-state index contributed by atoms with van der Waals surface area (Å²) >= 11 is 6.02. The third-order valence-electron chi connectivity index (χ3n) is 5.22. The molecule has 0 aliphatic carbocycles. The standard InChI is InChI=1S/C22H22ClN3O3/c1-29-18-4-2-3-15(11-18)12-21(27)25-7-9-26(10-8-25)22(28)20-14-16-13-17(23)5-6-19(16)24-20/h2-6,11,13-14,24H,7-10,12H2,1H3. The van der Waals surface area contributed by atoms with Crippen molar-refractivity contribution in [1.29, 1.82) is 0 Å². The second-order valence-corrected chi connectivity index (χ2v) is 7.55. The summed E-state index contributed by atoms with van der Waals surface area (Å²) in [7, 11) is 1.61. The molecule has 2 heterocycles. The van der Waals surface area contributed by atoms with E-state index in [2.05, 4.69) is 4.98 Å². The molecule has 0 unspecified atom stereocenters. The van der Waals surface area contributed by atoms with Crippen molar-refractivity contribution < 1.29 is 14.3 Å². The van der Waals surface area contributed by atoms with Gasteiger partial charge in [0.15, 0.2) is 0 Å². The maximum atomic E-state index is 12.8. The smallest absolute Gasteiger partial charge is 0.270 e. The minimum Gasteiger partial charge on any atom is -0.497 e. The second-order valence-electron chi connectivity index (χ2n) is 7.12. The van der Waals surface area contributed by atoms with E-state index in [-0.39, 0.29) is 11.8 Å². The SMILES string of the molecule is COc1cccc(CC(=O)N2CCN(C(=O)c3cc4cc(Cl)ccc4[nH]3)CC2)c1. The van der Waals surface area contributed by atoms with Crippen LogP contribution in [0.25, 0.3) is 10.9 Å². The van der Waals surface area contributed by atoms with Gasteiger partial charge in [0, 0.05) is 42.1 Å². The molecule has 1 saturated heterocycles. The number of aromatic amines is 1. The van der Waals surface area contributed by atoms with E-state index in [9.17, 15) is 9.59 Å². The van der Waals surface area contributed by atoms with Gasteiger partial charge in [0.25, 0.3) is 5.91 Å². The van der Waals surface area contributed by atoms with Crippen molar-refractivity contribution in [3.05, 3.63) is 64.8 Å². The normalized spacial score (nSPS) is 14.3. The number of methoxy groups -OCH3 is 1. The fourth-order valence-electron chi connectivity index (χ4n) is 3.62. The third-order valence-corrected chi connectivity index (χ3v) is 5.46. The molecular formula is C22H22ClN3O3. The topological polar surface area (TPSA) is 65.6 Å². The van der Waals surface area contributed by atoms with Gasteiger partial charge in [0.2, 0.25) is 5.91 Å². The first-order valence-corrected chi connectivity index (χ1v) is 9.89. The maximum absolute atomic E-state index is 12.8. The van der Waals surface area contributed by atoms with Crippen LogP contribution in [0.4, 0.5) is 0 Å². The molecule has 150 valence electrons. The van der Waals surface area contributed by atoms with Gasteiger partial charge in [-0.05, 0) is 42.0 Å². The highest BCUT2D eigenvalue weighted by Gasteiger charge is 2.25. The summed E-state index contributed by atoms with van der Waals surface area (Å²) < 4.78 is 5.21. The van der Waals surface area contributed by atoms with Crippen LogP contribution >= 0.6 is 11.6 Å². The van der Waals surface area contributed by atoms with Crippen LogP contribution in [-0.4, -0.2) is 59.9 Å². The molecule has 1 fully saturated rings. The highest BCUT2D eigenvalue weighted by Crippen LogP contribution is 2.21. The molecule has 1 aliphatic heterocycles. The van der Waals surface area contributed by atoms with E-state index in [1.165, 1.54) is 0 Å². The quantitative estimate of drug-likeness (QED) is 0.716. The lowest BCUT2D eigenvalue weighted by molar-refractivity contribution is -0.131. The van der Waals surface area contributed by atoms with Crippen LogP contribution in [0.2, 0.25) is 5.02 Å². The number of rotatable bonds is 4. The summed E-state index contributed by atoms with van der Waals surface area (Å²) in [5.41, 5.74) is 2.34. The van der Waals surface area contributed by atoms with Crippen LogP contribution in [0.15, 0.2) is 48.5 Å². The summed E-state index contributed by atoms with van der Waals surface area (Å²) in [6, 6.07) is 14.8. The molecule has 6 nitrogen and oxygen atoms in total. The number of aromatic nitrogens is 1. The zero-order valence-electron chi connectivity index (χ0n) is 16.2. The van der Waals surface area contributed by atoms with Crippen molar-refractivity contribution in [2.45, 2.75) is 6.42 Å². The predicted molar refractivity (Wildman–Crippen MR) is 112 cm³/mol. The molecule has 7 heteroatoms. The maximum Gasteiger partial charge on any atom is 0.270 e. The highest BCUT2D eigenvalue weighted by atomic mass is 35.5. The Balaban J connectivity index is 1.36. The number of amides is 2. The minimum atomic E-state index is -0.0581. The zero-order chi connectivity index (χ0) is 20.4.